The zero-order valence-corrected chi connectivity index (χ0v) is 27.8. The van der Waals surface area contributed by atoms with Crippen molar-refractivity contribution in [2.24, 2.45) is 4.99 Å². The SMILES string of the molecule is CCCC1=C(C(=O)OCC)[C@@H](c2cc(OC)ccc2OC)n2c(s/c(=C\c3cc(I)c(OC(C)=O)c(OCC)c3)c2=O)=N1. The maximum Gasteiger partial charge on any atom is 0.338 e. The predicted molar refractivity (Wildman–Crippen MR) is 171 cm³/mol. The number of methoxy groups -OCH3 is 2. The van der Waals surface area contributed by atoms with Crippen LogP contribution in [0.1, 0.15) is 57.7 Å². The summed E-state index contributed by atoms with van der Waals surface area (Å²) in [7, 11) is 3.08. The molecule has 0 amide bonds. The Labute approximate surface area is 266 Å². The van der Waals surface area contributed by atoms with Crippen LogP contribution in [0.3, 0.4) is 0 Å². The summed E-state index contributed by atoms with van der Waals surface area (Å²) >= 11 is 3.28. The van der Waals surface area contributed by atoms with E-state index in [1.165, 1.54) is 29.9 Å². The van der Waals surface area contributed by atoms with Crippen molar-refractivity contribution in [3.8, 4) is 23.0 Å². The first-order valence-corrected chi connectivity index (χ1v) is 15.6. The molecule has 0 saturated heterocycles. The summed E-state index contributed by atoms with van der Waals surface area (Å²) in [4.78, 5) is 44.6. The molecule has 1 atom stereocenters. The van der Waals surface area contributed by atoms with Crippen molar-refractivity contribution in [3.63, 3.8) is 0 Å². The Balaban J connectivity index is 2.02. The lowest BCUT2D eigenvalue weighted by atomic mass is 9.93. The highest BCUT2D eigenvalue weighted by molar-refractivity contribution is 14.1. The number of carbonyl (C=O) groups excluding carboxylic acids is 2. The summed E-state index contributed by atoms with van der Waals surface area (Å²) in [5.41, 5.74) is 1.74. The van der Waals surface area contributed by atoms with E-state index in [9.17, 15) is 14.4 Å². The highest BCUT2D eigenvalue weighted by Gasteiger charge is 2.36. The van der Waals surface area contributed by atoms with Gasteiger partial charge in [0.1, 0.15) is 17.5 Å². The van der Waals surface area contributed by atoms with Crippen LogP contribution in [-0.2, 0) is 14.3 Å². The van der Waals surface area contributed by atoms with Gasteiger partial charge in [0.05, 0.1) is 46.8 Å². The summed E-state index contributed by atoms with van der Waals surface area (Å²) in [6, 6.07) is 7.91. The molecule has 1 aromatic heterocycles. The van der Waals surface area contributed by atoms with Crippen molar-refractivity contribution in [3.05, 3.63) is 76.0 Å². The molecule has 2 aromatic carbocycles. The monoisotopic (exact) mass is 720 g/mol. The summed E-state index contributed by atoms with van der Waals surface area (Å²) in [6.45, 7) is 7.41. The molecule has 3 aromatic rings. The second-order valence-electron chi connectivity index (χ2n) is 9.38. The number of thiazole rings is 1. The zero-order valence-electron chi connectivity index (χ0n) is 24.8. The van der Waals surface area contributed by atoms with E-state index in [2.05, 4.69) is 22.6 Å². The van der Waals surface area contributed by atoms with E-state index in [0.29, 0.717) is 65.8 Å². The molecule has 0 spiro atoms. The van der Waals surface area contributed by atoms with Gasteiger partial charge in [-0.1, -0.05) is 24.7 Å². The minimum Gasteiger partial charge on any atom is -0.497 e. The molecule has 0 radical (unpaired) electrons. The smallest absolute Gasteiger partial charge is 0.338 e. The lowest BCUT2D eigenvalue weighted by molar-refractivity contribution is -0.139. The number of rotatable bonds is 11. The van der Waals surface area contributed by atoms with E-state index in [1.54, 1.807) is 50.4 Å². The molecule has 0 fully saturated rings. The zero-order chi connectivity index (χ0) is 31.3. The quantitative estimate of drug-likeness (QED) is 0.162. The van der Waals surface area contributed by atoms with Gasteiger partial charge < -0.3 is 23.7 Å². The number of benzene rings is 2. The van der Waals surface area contributed by atoms with Crippen molar-refractivity contribution in [1.29, 1.82) is 0 Å². The number of esters is 2. The predicted octanol–water partition coefficient (Wildman–Crippen LogP) is 4.52. The number of nitrogens with zero attached hydrogens (tertiary/aromatic N) is 2. The fraction of sp³-hybridized carbons (Fsp3) is 0.355. The normalized spacial score (nSPS) is 14.6. The van der Waals surface area contributed by atoms with Crippen LogP contribution in [0, 0.1) is 3.57 Å². The van der Waals surface area contributed by atoms with Gasteiger partial charge in [-0.15, -0.1) is 0 Å². The van der Waals surface area contributed by atoms with E-state index in [0.717, 1.165) is 6.42 Å². The maximum absolute atomic E-state index is 14.2. The van der Waals surface area contributed by atoms with E-state index < -0.39 is 18.0 Å². The Morgan fingerprint density at radius 1 is 1.07 bits per heavy atom. The van der Waals surface area contributed by atoms with Gasteiger partial charge in [-0.3, -0.25) is 14.2 Å². The number of allylic oxidation sites excluding steroid dienone is 1. The molecular formula is C31H33IN2O8S. The standard InChI is InChI=1S/C31H33IN2O8S/c1-7-10-22-26(30(37)41-9-3)27(20-16-19(38-5)11-12-23(20)39-6)34-29(36)25(43-31(34)33-22)15-18-13-21(32)28(42-17(4)35)24(14-18)40-8-2/h11-16,27H,7-10H2,1-6H3/b25-15-/t27-/m1/s1. The number of ether oxygens (including phenoxy) is 5. The maximum atomic E-state index is 14.2. The minimum atomic E-state index is -0.866. The fourth-order valence-electron chi connectivity index (χ4n) is 4.80. The Morgan fingerprint density at radius 2 is 1.84 bits per heavy atom. The first kappa shape index (κ1) is 32.3. The largest absolute Gasteiger partial charge is 0.497 e. The van der Waals surface area contributed by atoms with E-state index in [-0.39, 0.29) is 17.7 Å². The molecule has 0 aliphatic carbocycles. The lowest BCUT2D eigenvalue weighted by Gasteiger charge is -2.27. The number of hydrogen-bond donors (Lipinski definition) is 0. The molecule has 0 bridgehead atoms. The summed E-state index contributed by atoms with van der Waals surface area (Å²) in [5, 5.41) is 0. The number of hydrogen-bond acceptors (Lipinski definition) is 10. The molecular weight excluding hydrogens is 687 g/mol. The highest BCUT2D eigenvalue weighted by atomic mass is 127. The molecule has 12 heteroatoms. The van der Waals surface area contributed by atoms with Gasteiger partial charge in [0.15, 0.2) is 16.3 Å². The molecule has 228 valence electrons. The topological polar surface area (TPSA) is 115 Å². The number of fused-ring (bicyclic) bond motifs is 1. The fourth-order valence-corrected chi connectivity index (χ4v) is 6.55. The van der Waals surface area contributed by atoms with Crippen molar-refractivity contribution in [2.75, 3.05) is 27.4 Å². The van der Waals surface area contributed by atoms with Crippen LogP contribution in [-0.4, -0.2) is 43.9 Å². The van der Waals surface area contributed by atoms with Gasteiger partial charge in [0.25, 0.3) is 5.56 Å². The van der Waals surface area contributed by atoms with Gasteiger partial charge in [-0.25, -0.2) is 9.79 Å². The van der Waals surface area contributed by atoms with Crippen molar-refractivity contribution >= 4 is 51.9 Å². The van der Waals surface area contributed by atoms with Crippen LogP contribution in [0.2, 0.25) is 0 Å². The number of halogens is 1. The van der Waals surface area contributed by atoms with E-state index in [1.807, 2.05) is 13.8 Å². The molecule has 10 nitrogen and oxygen atoms in total. The van der Waals surface area contributed by atoms with Crippen molar-refractivity contribution in [1.82, 2.24) is 4.57 Å². The minimum absolute atomic E-state index is 0.165. The van der Waals surface area contributed by atoms with E-state index >= 15 is 0 Å². The van der Waals surface area contributed by atoms with Gasteiger partial charge in [-0.05, 0) is 84.8 Å². The first-order valence-electron chi connectivity index (χ1n) is 13.8. The molecule has 2 heterocycles. The van der Waals surface area contributed by atoms with Crippen LogP contribution < -0.4 is 33.8 Å². The van der Waals surface area contributed by atoms with Crippen LogP contribution in [0.4, 0.5) is 0 Å². The Bertz CT molecular complexity index is 1760. The van der Waals surface area contributed by atoms with Crippen molar-refractivity contribution < 1.29 is 33.3 Å². The molecule has 1 aliphatic heterocycles. The third-order valence-electron chi connectivity index (χ3n) is 6.50. The third-order valence-corrected chi connectivity index (χ3v) is 8.28. The van der Waals surface area contributed by atoms with Gasteiger partial charge >= 0.3 is 11.9 Å². The van der Waals surface area contributed by atoms with Crippen LogP contribution in [0.5, 0.6) is 23.0 Å². The first-order chi connectivity index (χ1) is 20.7. The Kier molecular flexibility index (Phi) is 10.7. The summed E-state index contributed by atoms with van der Waals surface area (Å²) in [5.74, 6) is 0.724. The summed E-state index contributed by atoms with van der Waals surface area (Å²) < 4.78 is 30.4. The van der Waals surface area contributed by atoms with Crippen LogP contribution in [0.15, 0.2) is 51.4 Å². The number of aromatic nitrogens is 1. The van der Waals surface area contributed by atoms with Gasteiger partial charge in [0.2, 0.25) is 0 Å². The molecule has 43 heavy (non-hydrogen) atoms. The molecule has 0 N–H and O–H groups in total. The summed E-state index contributed by atoms with van der Waals surface area (Å²) in [6.07, 6.45) is 2.97. The van der Waals surface area contributed by atoms with E-state index in [4.69, 9.17) is 28.7 Å². The lowest BCUT2D eigenvalue weighted by Crippen LogP contribution is -2.40. The van der Waals surface area contributed by atoms with Crippen molar-refractivity contribution in [2.45, 2.75) is 46.6 Å². The molecule has 1 aliphatic rings. The molecule has 0 saturated carbocycles. The Morgan fingerprint density at radius 3 is 2.47 bits per heavy atom. The highest BCUT2D eigenvalue weighted by Crippen LogP contribution is 2.39. The van der Waals surface area contributed by atoms with Gasteiger partial charge in [0, 0.05) is 12.5 Å². The van der Waals surface area contributed by atoms with Gasteiger partial charge in [-0.2, -0.15) is 0 Å². The molecule has 4 rings (SSSR count). The van der Waals surface area contributed by atoms with Crippen LogP contribution in [0.25, 0.3) is 6.08 Å². The third kappa shape index (κ3) is 6.80. The Hall–Kier alpha value is -3.65. The average Bonchev–Trinajstić information content (AvgIpc) is 3.28. The van der Waals surface area contributed by atoms with Crippen LogP contribution >= 0.6 is 33.9 Å². The second kappa shape index (κ2) is 14.2. The second-order valence-corrected chi connectivity index (χ2v) is 11.5. The number of carbonyl (C=O) groups is 2. The molecule has 0 unspecified atom stereocenters. The average molecular weight is 721 g/mol.